The van der Waals surface area contributed by atoms with Crippen molar-refractivity contribution >= 4 is 0 Å². The van der Waals surface area contributed by atoms with Crippen molar-refractivity contribution < 1.29 is 4.42 Å². The zero-order chi connectivity index (χ0) is 12.8. The first-order valence-electron chi connectivity index (χ1n) is 6.32. The molecule has 0 aliphatic rings. The highest BCUT2D eigenvalue weighted by Gasteiger charge is 2.09. The van der Waals surface area contributed by atoms with Crippen LogP contribution in [-0.4, -0.2) is 6.04 Å². The summed E-state index contributed by atoms with van der Waals surface area (Å²) in [6.07, 6.45) is 4.55. The minimum atomic E-state index is 0.247. The SMILES string of the molecule is Cc1cccc(CCC(Cc2ccco2)NN)c1. The Bertz CT molecular complexity index is 465. The molecule has 1 unspecified atom stereocenters. The second-order valence-corrected chi connectivity index (χ2v) is 4.67. The standard InChI is InChI=1S/C15H20N2O/c1-12-4-2-5-13(10-12)7-8-14(17-16)11-15-6-3-9-18-15/h2-6,9-10,14,17H,7-8,11,16H2,1H3. The molecule has 1 aromatic carbocycles. The van der Waals surface area contributed by atoms with Crippen molar-refractivity contribution in [3.8, 4) is 0 Å². The van der Waals surface area contributed by atoms with Gasteiger partial charge in [-0.25, -0.2) is 0 Å². The van der Waals surface area contributed by atoms with Crippen LogP contribution in [0.1, 0.15) is 23.3 Å². The van der Waals surface area contributed by atoms with Gasteiger partial charge in [-0.15, -0.1) is 0 Å². The molecule has 0 aliphatic carbocycles. The fraction of sp³-hybridized carbons (Fsp3) is 0.333. The monoisotopic (exact) mass is 244 g/mol. The van der Waals surface area contributed by atoms with Crippen LogP contribution in [0.4, 0.5) is 0 Å². The molecule has 0 spiro atoms. The second-order valence-electron chi connectivity index (χ2n) is 4.67. The lowest BCUT2D eigenvalue weighted by atomic mass is 10.0. The summed E-state index contributed by atoms with van der Waals surface area (Å²) < 4.78 is 5.34. The predicted octanol–water partition coefficient (Wildman–Crippen LogP) is 2.60. The highest BCUT2D eigenvalue weighted by molar-refractivity contribution is 5.22. The van der Waals surface area contributed by atoms with Gasteiger partial charge in [0.1, 0.15) is 5.76 Å². The fourth-order valence-electron chi connectivity index (χ4n) is 2.12. The first-order valence-corrected chi connectivity index (χ1v) is 6.32. The van der Waals surface area contributed by atoms with Crippen LogP contribution in [0.15, 0.2) is 47.1 Å². The van der Waals surface area contributed by atoms with Gasteiger partial charge < -0.3 is 4.42 Å². The van der Waals surface area contributed by atoms with E-state index in [1.54, 1.807) is 6.26 Å². The Kier molecular flexibility index (Phi) is 4.56. The number of nitrogens with two attached hydrogens (primary N) is 1. The lowest BCUT2D eigenvalue weighted by molar-refractivity contribution is 0.430. The number of rotatable bonds is 6. The summed E-state index contributed by atoms with van der Waals surface area (Å²) in [5, 5.41) is 0. The molecule has 96 valence electrons. The Balaban J connectivity index is 1.87. The molecule has 1 aromatic heterocycles. The van der Waals surface area contributed by atoms with E-state index in [4.69, 9.17) is 10.3 Å². The average molecular weight is 244 g/mol. The number of aryl methyl sites for hydroxylation is 2. The molecule has 0 aliphatic heterocycles. The van der Waals surface area contributed by atoms with E-state index in [9.17, 15) is 0 Å². The first-order chi connectivity index (χ1) is 8.78. The van der Waals surface area contributed by atoms with Gasteiger partial charge >= 0.3 is 0 Å². The van der Waals surface area contributed by atoms with Crippen LogP contribution in [0.25, 0.3) is 0 Å². The quantitative estimate of drug-likeness (QED) is 0.606. The maximum atomic E-state index is 5.59. The number of benzene rings is 1. The lowest BCUT2D eigenvalue weighted by Gasteiger charge is -2.14. The van der Waals surface area contributed by atoms with Gasteiger partial charge in [0, 0.05) is 12.5 Å². The topological polar surface area (TPSA) is 51.2 Å². The maximum absolute atomic E-state index is 5.59. The molecule has 3 nitrogen and oxygen atoms in total. The van der Waals surface area contributed by atoms with Crippen molar-refractivity contribution in [3.05, 3.63) is 59.5 Å². The van der Waals surface area contributed by atoms with Crippen molar-refractivity contribution in [2.75, 3.05) is 0 Å². The molecule has 2 rings (SSSR count). The molecule has 0 saturated heterocycles. The van der Waals surface area contributed by atoms with Crippen LogP contribution in [0.3, 0.4) is 0 Å². The zero-order valence-electron chi connectivity index (χ0n) is 10.7. The highest BCUT2D eigenvalue weighted by Crippen LogP contribution is 2.11. The summed E-state index contributed by atoms with van der Waals surface area (Å²) in [6, 6.07) is 12.7. The average Bonchev–Trinajstić information content (AvgIpc) is 2.87. The third-order valence-electron chi connectivity index (χ3n) is 3.13. The summed E-state index contributed by atoms with van der Waals surface area (Å²) in [5.74, 6) is 6.57. The maximum Gasteiger partial charge on any atom is 0.105 e. The number of furan rings is 1. The third kappa shape index (κ3) is 3.72. The van der Waals surface area contributed by atoms with Gasteiger partial charge in [-0.3, -0.25) is 11.3 Å². The van der Waals surface area contributed by atoms with Crippen LogP contribution in [-0.2, 0) is 12.8 Å². The van der Waals surface area contributed by atoms with Gasteiger partial charge in [-0.05, 0) is 37.5 Å². The molecule has 0 amide bonds. The molecule has 0 saturated carbocycles. The third-order valence-corrected chi connectivity index (χ3v) is 3.13. The van der Waals surface area contributed by atoms with Gasteiger partial charge in [-0.2, -0.15) is 0 Å². The number of hydrogen-bond donors (Lipinski definition) is 2. The number of hydrazine groups is 1. The van der Waals surface area contributed by atoms with Crippen molar-refractivity contribution in [1.82, 2.24) is 5.43 Å². The second kappa shape index (κ2) is 6.38. The fourth-order valence-corrected chi connectivity index (χ4v) is 2.12. The Morgan fingerprint density at radius 2 is 2.17 bits per heavy atom. The Labute approximate surface area is 108 Å². The van der Waals surface area contributed by atoms with Crippen LogP contribution in [0.5, 0.6) is 0 Å². The zero-order valence-corrected chi connectivity index (χ0v) is 10.7. The number of nitrogens with one attached hydrogen (secondary N) is 1. The molecule has 1 atom stereocenters. The van der Waals surface area contributed by atoms with Crippen molar-refractivity contribution in [3.63, 3.8) is 0 Å². The normalized spacial score (nSPS) is 12.6. The van der Waals surface area contributed by atoms with Crippen LogP contribution in [0.2, 0.25) is 0 Å². The molecular weight excluding hydrogens is 224 g/mol. The van der Waals surface area contributed by atoms with Crippen molar-refractivity contribution in [1.29, 1.82) is 0 Å². The van der Waals surface area contributed by atoms with Crippen LogP contribution in [0, 0.1) is 6.92 Å². The van der Waals surface area contributed by atoms with Crippen LogP contribution >= 0.6 is 0 Å². The largest absolute Gasteiger partial charge is 0.469 e. The molecule has 0 bridgehead atoms. The first kappa shape index (κ1) is 12.9. The highest BCUT2D eigenvalue weighted by atomic mass is 16.3. The summed E-state index contributed by atoms with van der Waals surface area (Å²) in [5.41, 5.74) is 5.52. The molecule has 1 heterocycles. The Morgan fingerprint density at radius 1 is 1.28 bits per heavy atom. The van der Waals surface area contributed by atoms with Gasteiger partial charge in [0.25, 0.3) is 0 Å². The van der Waals surface area contributed by atoms with Gasteiger partial charge in [-0.1, -0.05) is 29.8 Å². The smallest absolute Gasteiger partial charge is 0.105 e. The Hall–Kier alpha value is -1.58. The molecule has 0 radical (unpaired) electrons. The number of hydrogen-bond acceptors (Lipinski definition) is 3. The summed E-state index contributed by atoms with van der Waals surface area (Å²) in [4.78, 5) is 0. The molecular formula is C15H20N2O. The summed E-state index contributed by atoms with van der Waals surface area (Å²) in [7, 11) is 0. The molecule has 0 fully saturated rings. The van der Waals surface area contributed by atoms with Crippen molar-refractivity contribution in [2.24, 2.45) is 5.84 Å². The summed E-state index contributed by atoms with van der Waals surface area (Å²) in [6.45, 7) is 2.12. The minimum Gasteiger partial charge on any atom is -0.469 e. The molecule has 3 heteroatoms. The van der Waals surface area contributed by atoms with E-state index in [1.807, 2.05) is 12.1 Å². The Morgan fingerprint density at radius 3 is 2.83 bits per heavy atom. The minimum absolute atomic E-state index is 0.247. The van der Waals surface area contributed by atoms with E-state index in [0.29, 0.717) is 0 Å². The van der Waals surface area contributed by atoms with Gasteiger partial charge in [0.15, 0.2) is 0 Å². The predicted molar refractivity (Wildman–Crippen MR) is 73.0 cm³/mol. The molecule has 2 aromatic rings. The van der Waals surface area contributed by atoms with E-state index in [1.165, 1.54) is 11.1 Å². The molecule has 3 N–H and O–H groups in total. The van der Waals surface area contributed by atoms with E-state index in [-0.39, 0.29) is 6.04 Å². The van der Waals surface area contributed by atoms with E-state index in [2.05, 4.69) is 36.6 Å². The van der Waals surface area contributed by atoms with E-state index >= 15 is 0 Å². The summed E-state index contributed by atoms with van der Waals surface area (Å²) >= 11 is 0. The van der Waals surface area contributed by atoms with Crippen LogP contribution < -0.4 is 11.3 Å². The van der Waals surface area contributed by atoms with E-state index in [0.717, 1.165) is 25.0 Å². The van der Waals surface area contributed by atoms with Crippen molar-refractivity contribution in [2.45, 2.75) is 32.2 Å². The molecule has 18 heavy (non-hydrogen) atoms. The van der Waals surface area contributed by atoms with Gasteiger partial charge in [0.2, 0.25) is 0 Å². The lowest BCUT2D eigenvalue weighted by Crippen LogP contribution is -2.37. The van der Waals surface area contributed by atoms with E-state index < -0.39 is 0 Å². The van der Waals surface area contributed by atoms with Gasteiger partial charge in [0.05, 0.1) is 6.26 Å².